The number of alkyl halides is 3. The summed E-state index contributed by atoms with van der Waals surface area (Å²) in [4.78, 5) is 0. The molecule has 0 amide bonds. The van der Waals surface area contributed by atoms with E-state index in [1.54, 1.807) is 0 Å². The summed E-state index contributed by atoms with van der Waals surface area (Å²) in [5.41, 5.74) is -2.96. The second-order valence-corrected chi connectivity index (χ2v) is 8.87. The van der Waals surface area contributed by atoms with Gasteiger partial charge in [-0.05, 0) is 43.2 Å². The van der Waals surface area contributed by atoms with Crippen LogP contribution in [0.5, 0.6) is 11.5 Å². The quantitative estimate of drug-likeness (QED) is 0.172. The van der Waals surface area contributed by atoms with Crippen LogP contribution in [0.1, 0.15) is 24.2 Å². The highest BCUT2D eigenvalue weighted by atomic mass is 32.2. The van der Waals surface area contributed by atoms with Crippen molar-refractivity contribution in [1.82, 2.24) is 0 Å². The fourth-order valence-corrected chi connectivity index (χ4v) is 3.10. The van der Waals surface area contributed by atoms with Crippen molar-refractivity contribution in [2.24, 2.45) is 7.05 Å². The largest absolute Gasteiger partial charge is 0.741 e. The first-order chi connectivity index (χ1) is 16.6. The molecule has 3 rings (SSSR count). The first-order valence-corrected chi connectivity index (χ1v) is 12.3. The molecule has 2 aromatic carbocycles. The lowest BCUT2D eigenvalue weighted by atomic mass is 10.1. The molecule has 0 aliphatic rings. The van der Waals surface area contributed by atoms with E-state index in [4.69, 9.17) is 22.4 Å². The standard InChI is InChI=1S/C24H28NO2.CHF3O3S/c1-25-21(13-9-19-26-23-15-4-2-5-16-23)11-8-12-22(25)14-10-20-27-24-17-6-3-7-18-24;2-1(3,4)8(5,6)7/h2-8,11-12,15-18H,9-10,13-14,19-20H2,1H3;(H,5,6,7)/q+1;/p-1. The third-order valence-corrected chi connectivity index (χ3v) is 5.47. The fraction of sp³-hybridized carbons (Fsp3) is 0.320. The van der Waals surface area contributed by atoms with Gasteiger partial charge in [-0.15, -0.1) is 0 Å². The minimum Gasteiger partial charge on any atom is -0.741 e. The van der Waals surface area contributed by atoms with Gasteiger partial charge in [-0.2, -0.15) is 13.2 Å². The molecule has 0 N–H and O–H groups in total. The number of hydrogen-bond acceptors (Lipinski definition) is 5. The first-order valence-electron chi connectivity index (χ1n) is 10.9. The number of ether oxygens (including phenoxy) is 2. The number of hydrogen-bond donors (Lipinski definition) is 0. The molecule has 0 unspecified atom stereocenters. The molecule has 0 bridgehead atoms. The van der Waals surface area contributed by atoms with E-state index in [1.807, 2.05) is 60.7 Å². The number of benzene rings is 2. The van der Waals surface area contributed by atoms with Gasteiger partial charge in [0.2, 0.25) is 0 Å². The lowest BCUT2D eigenvalue weighted by molar-refractivity contribution is -0.686. The number of rotatable bonds is 10. The maximum Gasteiger partial charge on any atom is 0.485 e. The summed E-state index contributed by atoms with van der Waals surface area (Å²) >= 11 is 0. The molecule has 0 aliphatic heterocycles. The van der Waals surface area contributed by atoms with Crippen LogP contribution in [-0.4, -0.2) is 31.7 Å². The molecule has 0 aliphatic carbocycles. The minimum atomic E-state index is -6.09. The van der Waals surface area contributed by atoms with Crippen LogP contribution in [0.2, 0.25) is 0 Å². The van der Waals surface area contributed by atoms with Crippen molar-refractivity contribution >= 4 is 10.1 Å². The third kappa shape index (κ3) is 10.4. The SMILES string of the molecule is C[n+]1c(CCCOc2ccccc2)cccc1CCCOc1ccccc1.O=S(=O)([O-])C(F)(F)F. The van der Waals surface area contributed by atoms with E-state index in [2.05, 4.69) is 29.8 Å². The number of pyridine rings is 1. The van der Waals surface area contributed by atoms with Gasteiger partial charge in [0.25, 0.3) is 0 Å². The van der Waals surface area contributed by atoms with Gasteiger partial charge < -0.3 is 14.0 Å². The Bertz CT molecular complexity index is 1060. The van der Waals surface area contributed by atoms with Crippen LogP contribution in [0, 0.1) is 0 Å². The molecule has 6 nitrogen and oxygen atoms in total. The van der Waals surface area contributed by atoms with Crippen LogP contribution in [-0.2, 0) is 30.0 Å². The fourth-order valence-electron chi connectivity index (χ4n) is 3.10. The van der Waals surface area contributed by atoms with Gasteiger partial charge in [-0.1, -0.05) is 36.4 Å². The Morgan fingerprint density at radius 1 is 0.743 bits per heavy atom. The summed E-state index contributed by atoms with van der Waals surface area (Å²) in [6.07, 6.45) is 4.03. The second kappa shape index (κ2) is 13.7. The molecule has 0 radical (unpaired) electrons. The normalized spacial score (nSPS) is 11.3. The van der Waals surface area contributed by atoms with Crippen molar-refractivity contribution in [3.05, 3.63) is 90.3 Å². The molecule has 0 saturated heterocycles. The zero-order valence-corrected chi connectivity index (χ0v) is 20.1. The smallest absolute Gasteiger partial charge is 0.485 e. The Balaban J connectivity index is 0.000000466. The Morgan fingerprint density at radius 2 is 1.11 bits per heavy atom. The molecule has 1 aromatic heterocycles. The van der Waals surface area contributed by atoms with Crippen molar-refractivity contribution < 1.29 is 40.2 Å². The monoisotopic (exact) mass is 511 g/mol. The number of para-hydroxylation sites is 2. The average molecular weight is 512 g/mol. The van der Waals surface area contributed by atoms with Gasteiger partial charge in [-0.25, -0.2) is 13.0 Å². The van der Waals surface area contributed by atoms with Gasteiger partial charge >= 0.3 is 5.51 Å². The predicted octanol–water partition coefficient (Wildman–Crippen LogP) is 4.59. The van der Waals surface area contributed by atoms with E-state index >= 15 is 0 Å². The van der Waals surface area contributed by atoms with Gasteiger partial charge in [0.15, 0.2) is 21.5 Å². The maximum absolute atomic E-state index is 10.7. The highest BCUT2D eigenvalue weighted by Crippen LogP contribution is 2.20. The molecule has 3 aromatic rings. The number of aryl methyl sites for hydroxylation is 2. The van der Waals surface area contributed by atoms with Gasteiger partial charge in [0, 0.05) is 25.0 Å². The van der Waals surface area contributed by atoms with E-state index < -0.39 is 15.6 Å². The van der Waals surface area contributed by atoms with Crippen LogP contribution in [0.4, 0.5) is 13.2 Å². The van der Waals surface area contributed by atoms with E-state index in [0.29, 0.717) is 0 Å². The number of aromatic nitrogens is 1. The van der Waals surface area contributed by atoms with Crippen LogP contribution < -0.4 is 14.0 Å². The molecule has 0 saturated carbocycles. The molecule has 35 heavy (non-hydrogen) atoms. The highest BCUT2D eigenvalue weighted by Gasteiger charge is 2.36. The van der Waals surface area contributed by atoms with Gasteiger partial charge in [0.1, 0.15) is 18.5 Å². The Hall–Kier alpha value is -3.11. The predicted molar refractivity (Wildman–Crippen MR) is 124 cm³/mol. The van der Waals surface area contributed by atoms with E-state index in [0.717, 1.165) is 50.4 Å². The summed E-state index contributed by atoms with van der Waals surface area (Å²) in [6.45, 7) is 1.47. The first kappa shape index (κ1) is 28.1. The molecular formula is C25H28F3NO5S. The second-order valence-electron chi connectivity index (χ2n) is 7.50. The highest BCUT2D eigenvalue weighted by molar-refractivity contribution is 7.86. The zero-order chi connectivity index (χ0) is 25.7. The molecular weight excluding hydrogens is 483 g/mol. The van der Waals surface area contributed by atoms with Crippen molar-refractivity contribution in [1.29, 1.82) is 0 Å². The number of nitrogens with zero attached hydrogens (tertiary/aromatic N) is 1. The summed E-state index contributed by atoms with van der Waals surface area (Å²) in [6, 6.07) is 26.6. The molecule has 0 fully saturated rings. The topological polar surface area (TPSA) is 79.5 Å². The Morgan fingerprint density at radius 3 is 1.46 bits per heavy atom. The summed E-state index contributed by atoms with van der Waals surface area (Å²) in [5, 5.41) is 0. The van der Waals surface area contributed by atoms with Crippen molar-refractivity contribution in [2.45, 2.75) is 31.2 Å². The van der Waals surface area contributed by atoms with E-state index in [1.165, 1.54) is 11.4 Å². The molecule has 0 spiro atoms. The summed E-state index contributed by atoms with van der Waals surface area (Å²) < 4.78 is 72.8. The van der Waals surface area contributed by atoms with Crippen molar-refractivity contribution in [3.63, 3.8) is 0 Å². The third-order valence-electron chi connectivity index (χ3n) is 4.90. The van der Waals surface area contributed by atoms with Crippen molar-refractivity contribution in [2.75, 3.05) is 13.2 Å². The molecule has 1 heterocycles. The summed E-state index contributed by atoms with van der Waals surface area (Å²) in [7, 11) is -3.94. The maximum atomic E-state index is 10.7. The van der Waals surface area contributed by atoms with Gasteiger partial charge in [0.05, 0.1) is 13.2 Å². The van der Waals surface area contributed by atoms with Crippen molar-refractivity contribution in [3.8, 4) is 11.5 Å². The van der Waals surface area contributed by atoms with E-state index in [9.17, 15) is 13.2 Å². The average Bonchev–Trinajstić information content (AvgIpc) is 2.82. The van der Waals surface area contributed by atoms with Crippen LogP contribution in [0.15, 0.2) is 78.9 Å². The van der Waals surface area contributed by atoms with Crippen LogP contribution in [0.25, 0.3) is 0 Å². The Labute approximate surface area is 203 Å². The molecule has 0 atom stereocenters. The lowest BCUT2D eigenvalue weighted by Gasteiger charge is -2.08. The van der Waals surface area contributed by atoms with E-state index in [-0.39, 0.29) is 0 Å². The van der Waals surface area contributed by atoms with Crippen LogP contribution in [0.3, 0.4) is 0 Å². The lowest BCUT2D eigenvalue weighted by Crippen LogP contribution is -2.38. The zero-order valence-electron chi connectivity index (χ0n) is 19.3. The molecule has 10 heteroatoms. The minimum absolute atomic E-state index is 0.735. The van der Waals surface area contributed by atoms with Crippen LogP contribution >= 0.6 is 0 Å². The Kier molecular flexibility index (Phi) is 11.0. The summed E-state index contributed by atoms with van der Waals surface area (Å²) in [5.74, 6) is 1.88. The number of halogens is 3. The van der Waals surface area contributed by atoms with Gasteiger partial charge in [-0.3, -0.25) is 0 Å². The molecule has 190 valence electrons.